The zero-order chi connectivity index (χ0) is 24.4. The molecule has 3 aromatic rings. The second kappa shape index (κ2) is 8.15. The van der Waals surface area contributed by atoms with E-state index in [9.17, 15) is 14.4 Å². The maximum Gasteiger partial charge on any atom is 0.255 e. The molecule has 4 aliphatic rings. The van der Waals surface area contributed by atoms with Crippen molar-refractivity contribution in [3.05, 3.63) is 64.0 Å². The first-order valence-corrected chi connectivity index (χ1v) is 13.5. The summed E-state index contributed by atoms with van der Waals surface area (Å²) in [7, 11) is 0. The number of fused-ring (bicyclic) bond motifs is 4. The van der Waals surface area contributed by atoms with Gasteiger partial charge in [-0.15, -0.1) is 11.3 Å². The van der Waals surface area contributed by atoms with E-state index in [-0.39, 0.29) is 29.6 Å². The maximum absolute atomic E-state index is 13.2. The van der Waals surface area contributed by atoms with E-state index in [1.165, 1.54) is 21.2 Å². The number of amides is 3. The molecule has 1 spiro atoms. The van der Waals surface area contributed by atoms with Crippen LogP contribution in [-0.4, -0.2) is 53.3 Å². The molecular formula is C28H27N3O4S. The number of thiophene rings is 1. The number of piperidine rings is 2. The van der Waals surface area contributed by atoms with Crippen molar-refractivity contribution in [2.24, 2.45) is 0 Å². The Bertz CT molecular complexity index is 1420. The molecule has 0 saturated carbocycles. The van der Waals surface area contributed by atoms with E-state index in [1.807, 2.05) is 6.07 Å². The lowest BCUT2D eigenvalue weighted by molar-refractivity contribution is -0.136. The van der Waals surface area contributed by atoms with E-state index in [4.69, 9.17) is 4.74 Å². The quantitative estimate of drug-likeness (QED) is 0.555. The van der Waals surface area contributed by atoms with Crippen molar-refractivity contribution in [2.75, 3.05) is 19.7 Å². The fourth-order valence-corrected chi connectivity index (χ4v) is 7.25. The van der Waals surface area contributed by atoms with Gasteiger partial charge >= 0.3 is 0 Å². The minimum Gasteiger partial charge on any atom is -0.492 e. The number of likely N-dealkylation sites (tertiary alicyclic amines) is 1. The number of hydrogen-bond acceptors (Lipinski definition) is 6. The highest BCUT2D eigenvalue weighted by atomic mass is 32.1. The summed E-state index contributed by atoms with van der Waals surface area (Å²) in [4.78, 5) is 41.3. The molecule has 2 fully saturated rings. The Balaban J connectivity index is 1.09. The molecule has 184 valence electrons. The van der Waals surface area contributed by atoms with Gasteiger partial charge in [-0.3, -0.25) is 24.6 Å². The fourth-order valence-electron chi connectivity index (χ4n) is 6.41. The minimum atomic E-state index is -0.594. The number of rotatable bonds is 3. The number of nitrogens with zero attached hydrogens (tertiary/aromatic N) is 2. The van der Waals surface area contributed by atoms with Crippen LogP contribution in [0.4, 0.5) is 0 Å². The highest BCUT2D eigenvalue weighted by Gasteiger charge is 2.46. The standard InChI is InChI=1S/C28H27N3O4S/c32-25-5-4-22(26(33)29-25)31-15-18-12-21-23(13-20(18)27(31)34)35-16-28(21)7-9-30(10-8-28)14-17-2-1-3-24-19(17)6-11-36-24/h1-3,6,11-13,22H,4-5,7-10,14-16H2,(H,29,32,33). The number of carbonyl (C=O) groups is 3. The Kier molecular flexibility index (Phi) is 4.98. The van der Waals surface area contributed by atoms with Crippen molar-refractivity contribution in [3.63, 3.8) is 0 Å². The molecule has 3 amide bonds. The van der Waals surface area contributed by atoms with Gasteiger partial charge in [-0.2, -0.15) is 0 Å². The zero-order valence-corrected chi connectivity index (χ0v) is 20.7. The predicted molar refractivity (Wildman–Crippen MR) is 136 cm³/mol. The largest absolute Gasteiger partial charge is 0.492 e. The van der Waals surface area contributed by atoms with Gasteiger partial charge in [0.1, 0.15) is 11.8 Å². The van der Waals surface area contributed by atoms with E-state index >= 15 is 0 Å². The summed E-state index contributed by atoms with van der Waals surface area (Å²) >= 11 is 1.79. The van der Waals surface area contributed by atoms with Gasteiger partial charge < -0.3 is 9.64 Å². The van der Waals surface area contributed by atoms with Crippen LogP contribution >= 0.6 is 11.3 Å². The van der Waals surface area contributed by atoms with E-state index in [0.29, 0.717) is 25.1 Å². The van der Waals surface area contributed by atoms with Crippen LogP contribution in [0.15, 0.2) is 41.8 Å². The Hall–Kier alpha value is -3.23. The zero-order valence-electron chi connectivity index (χ0n) is 19.9. The Morgan fingerprint density at radius 2 is 1.97 bits per heavy atom. The molecule has 1 aromatic heterocycles. The number of hydrogen-bond donors (Lipinski definition) is 1. The molecule has 2 saturated heterocycles. The van der Waals surface area contributed by atoms with Crippen LogP contribution in [0, 0.1) is 0 Å². The first-order valence-electron chi connectivity index (χ1n) is 12.6. The Morgan fingerprint density at radius 3 is 2.81 bits per heavy atom. The van der Waals surface area contributed by atoms with Crippen molar-refractivity contribution < 1.29 is 19.1 Å². The predicted octanol–water partition coefficient (Wildman–Crippen LogP) is 3.59. The third-order valence-electron chi connectivity index (χ3n) is 8.49. The Morgan fingerprint density at radius 1 is 1.11 bits per heavy atom. The van der Waals surface area contributed by atoms with Crippen LogP contribution in [0.3, 0.4) is 0 Å². The second-order valence-corrected chi connectivity index (χ2v) is 11.4. The van der Waals surface area contributed by atoms with Crippen LogP contribution in [0.2, 0.25) is 0 Å². The van der Waals surface area contributed by atoms with Crippen LogP contribution in [-0.2, 0) is 28.1 Å². The number of carbonyl (C=O) groups excluding carboxylic acids is 3. The maximum atomic E-state index is 13.2. The summed E-state index contributed by atoms with van der Waals surface area (Å²) < 4.78 is 7.51. The second-order valence-electron chi connectivity index (χ2n) is 10.5. The van der Waals surface area contributed by atoms with Crippen LogP contribution in [0.5, 0.6) is 5.75 Å². The average Bonchev–Trinajstić information content (AvgIpc) is 3.57. The summed E-state index contributed by atoms with van der Waals surface area (Å²) in [5.74, 6) is 0.0132. The lowest BCUT2D eigenvalue weighted by atomic mass is 9.73. The Labute approximate surface area is 213 Å². The SMILES string of the molecule is O=C1CCC(N2Cc3cc4c(cc3C2=O)OCC42CCN(Cc3cccc4sccc34)CC2)C(=O)N1. The molecule has 36 heavy (non-hydrogen) atoms. The van der Waals surface area contributed by atoms with Gasteiger partial charge in [-0.25, -0.2) is 0 Å². The van der Waals surface area contributed by atoms with E-state index < -0.39 is 6.04 Å². The molecule has 8 heteroatoms. The van der Waals surface area contributed by atoms with Crippen molar-refractivity contribution in [3.8, 4) is 5.75 Å². The fraction of sp³-hybridized carbons (Fsp3) is 0.393. The third kappa shape index (κ3) is 3.38. The molecule has 0 radical (unpaired) electrons. The van der Waals surface area contributed by atoms with E-state index in [0.717, 1.165) is 43.8 Å². The molecule has 5 heterocycles. The van der Waals surface area contributed by atoms with Gasteiger partial charge in [0.05, 0.1) is 6.61 Å². The molecule has 1 unspecified atom stereocenters. The monoisotopic (exact) mass is 501 g/mol. The van der Waals surface area contributed by atoms with Gasteiger partial charge in [0.25, 0.3) is 5.91 Å². The average molecular weight is 502 g/mol. The van der Waals surface area contributed by atoms with Crippen molar-refractivity contribution in [2.45, 2.75) is 50.2 Å². The highest BCUT2D eigenvalue weighted by molar-refractivity contribution is 7.17. The van der Waals surface area contributed by atoms with Crippen molar-refractivity contribution in [1.29, 1.82) is 0 Å². The molecule has 0 aliphatic carbocycles. The van der Waals surface area contributed by atoms with E-state index in [1.54, 1.807) is 16.2 Å². The molecule has 2 aromatic carbocycles. The lowest BCUT2D eigenvalue weighted by Crippen LogP contribution is -2.52. The molecule has 7 rings (SSSR count). The molecule has 7 nitrogen and oxygen atoms in total. The lowest BCUT2D eigenvalue weighted by Gasteiger charge is -2.38. The van der Waals surface area contributed by atoms with Crippen LogP contribution < -0.4 is 10.1 Å². The normalized spacial score (nSPS) is 23.2. The van der Waals surface area contributed by atoms with Gasteiger partial charge in [0.15, 0.2) is 0 Å². The van der Waals surface area contributed by atoms with Crippen LogP contribution in [0.25, 0.3) is 10.1 Å². The summed E-state index contributed by atoms with van der Waals surface area (Å²) in [5, 5.41) is 5.90. The first kappa shape index (κ1) is 22.0. The highest BCUT2D eigenvalue weighted by Crippen LogP contribution is 2.48. The minimum absolute atomic E-state index is 0.0274. The molecule has 0 bridgehead atoms. The van der Waals surface area contributed by atoms with Gasteiger partial charge in [0, 0.05) is 40.8 Å². The molecule has 1 atom stereocenters. The number of nitrogens with one attached hydrogen (secondary N) is 1. The van der Waals surface area contributed by atoms with Gasteiger partial charge in [-0.1, -0.05) is 12.1 Å². The summed E-state index contributed by atoms with van der Waals surface area (Å²) in [6.07, 6.45) is 2.67. The van der Waals surface area contributed by atoms with Crippen molar-refractivity contribution in [1.82, 2.24) is 15.1 Å². The summed E-state index contributed by atoms with van der Waals surface area (Å²) in [6, 6.07) is 12.2. The third-order valence-corrected chi connectivity index (χ3v) is 9.37. The van der Waals surface area contributed by atoms with Gasteiger partial charge in [0.2, 0.25) is 11.8 Å². The van der Waals surface area contributed by atoms with Crippen LogP contribution in [0.1, 0.15) is 52.7 Å². The summed E-state index contributed by atoms with van der Waals surface area (Å²) in [5.41, 5.74) is 4.15. The smallest absolute Gasteiger partial charge is 0.255 e. The molecule has 1 N–H and O–H groups in total. The summed E-state index contributed by atoms with van der Waals surface area (Å²) in [6.45, 7) is 4.02. The topological polar surface area (TPSA) is 79.0 Å². The number of ether oxygens (including phenoxy) is 1. The van der Waals surface area contributed by atoms with Crippen molar-refractivity contribution >= 4 is 39.1 Å². The first-order chi connectivity index (χ1) is 17.5. The number of imide groups is 1. The molecular weight excluding hydrogens is 474 g/mol. The number of benzene rings is 2. The van der Waals surface area contributed by atoms with E-state index in [2.05, 4.69) is 45.9 Å². The molecule has 4 aliphatic heterocycles. The van der Waals surface area contributed by atoms with Gasteiger partial charge in [-0.05, 0) is 78.5 Å².